The fourth-order valence-corrected chi connectivity index (χ4v) is 1.22. The van der Waals surface area contributed by atoms with Crippen LogP contribution in [0.2, 0.25) is 0 Å². The van der Waals surface area contributed by atoms with E-state index in [-0.39, 0.29) is 5.41 Å². The average molecular weight is 153 g/mol. The van der Waals surface area contributed by atoms with E-state index >= 15 is 0 Å². The van der Waals surface area contributed by atoms with E-state index in [9.17, 15) is 5.11 Å². The van der Waals surface area contributed by atoms with Crippen molar-refractivity contribution in [2.75, 3.05) is 0 Å². The molecule has 0 radical (unpaired) electrons. The Morgan fingerprint density at radius 2 is 2.18 bits per heavy atom. The van der Waals surface area contributed by atoms with Crippen LogP contribution in [-0.2, 0) is 0 Å². The maximum Gasteiger partial charge on any atom is 0.111 e. The molecule has 0 aromatic heterocycles. The van der Waals surface area contributed by atoms with Crippen LogP contribution in [-0.4, -0.2) is 11.3 Å². The third-order valence-corrected chi connectivity index (χ3v) is 2.58. The van der Waals surface area contributed by atoms with Gasteiger partial charge in [-0.3, -0.25) is 0 Å². The van der Waals surface area contributed by atoms with Gasteiger partial charge in [0.25, 0.3) is 0 Å². The highest BCUT2D eigenvalue weighted by atomic mass is 16.3. The van der Waals surface area contributed by atoms with Crippen molar-refractivity contribution in [3.8, 4) is 0 Å². The molecule has 0 aromatic carbocycles. The molecule has 0 saturated heterocycles. The topological polar surface area (TPSA) is 46.2 Å². The summed E-state index contributed by atoms with van der Waals surface area (Å²) in [5.74, 6) is 0.299. The van der Waals surface area contributed by atoms with Crippen molar-refractivity contribution in [3.05, 3.63) is 24.3 Å². The van der Waals surface area contributed by atoms with Crippen LogP contribution in [0.3, 0.4) is 0 Å². The van der Waals surface area contributed by atoms with Crippen LogP contribution >= 0.6 is 0 Å². The molecule has 0 fully saturated rings. The Kier molecular flexibility index (Phi) is 2.16. The summed E-state index contributed by atoms with van der Waals surface area (Å²) in [6, 6.07) is 0. The molecule has 0 heterocycles. The first-order chi connectivity index (χ1) is 5.07. The summed E-state index contributed by atoms with van der Waals surface area (Å²) < 4.78 is 0. The van der Waals surface area contributed by atoms with Crippen molar-refractivity contribution in [2.24, 2.45) is 17.1 Å². The van der Waals surface area contributed by atoms with Gasteiger partial charge in [-0.25, -0.2) is 0 Å². The second-order valence-corrected chi connectivity index (χ2v) is 3.34. The quantitative estimate of drug-likeness (QED) is 0.553. The van der Waals surface area contributed by atoms with Gasteiger partial charge in [0.05, 0.1) is 0 Å². The first kappa shape index (κ1) is 8.50. The lowest BCUT2D eigenvalue weighted by molar-refractivity contribution is 0.0515. The Morgan fingerprint density at radius 3 is 2.55 bits per heavy atom. The highest BCUT2D eigenvalue weighted by molar-refractivity contribution is 5.19. The van der Waals surface area contributed by atoms with Gasteiger partial charge in [-0.2, -0.15) is 0 Å². The lowest BCUT2D eigenvalue weighted by atomic mass is 9.74. The second kappa shape index (κ2) is 2.80. The van der Waals surface area contributed by atoms with Crippen molar-refractivity contribution in [3.63, 3.8) is 0 Å². The third kappa shape index (κ3) is 1.37. The predicted octanol–water partition coefficient (Wildman–Crippen LogP) is 1.03. The molecule has 0 aromatic rings. The molecule has 0 spiro atoms. The minimum Gasteiger partial charge on any atom is -0.378 e. The highest BCUT2D eigenvalue weighted by Gasteiger charge is 2.33. The summed E-state index contributed by atoms with van der Waals surface area (Å²) in [5, 5.41) is 9.30. The Bertz CT molecular complexity index is 196. The fourth-order valence-electron chi connectivity index (χ4n) is 1.22. The van der Waals surface area contributed by atoms with Crippen molar-refractivity contribution in [1.29, 1.82) is 0 Å². The normalized spacial score (nSPS) is 39.1. The average Bonchev–Trinajstić information content (AvgIpc) is 1.95. The van der Waals surface area contributed by atoms with E-state index < -0.39 is 6.23 Å². The van der Waals surface area contributed by atoms with Crippen molar-refractivity contribution in [1.82, 2.24) is 0 Å². The predicted molar refractivity (Wildman–Crippen MR) is 45.7 cm³/mol. The van der Waals surface area contributed by atoms with Gasteiger partial charge in [-0.05, 0) is 5.92 Å². The maximum absolute atomic E-state index is 9.30. The van der Waals surface area contributed by atoms with Crippen LogP contribution in [0, 0.1) is 11.3 Å². The number of aliphatic hydroxyl groups is 1. The molecule has 2 heteroatoms. The summed E-state index contributed by atoms with van der Waals surface area (Å²) >= 11 is 0. The van der Waals surface area contributed by atoms with Crippen molar-refractivity contribution in [2.45, 2.75) is 20.1 Å². The SMILES string of the molecule is CC1C=CC=CC1(C)C(N)O. The Balaban J connectivity index is 2.85. The van der Waals surface area contributed by atoms with Crippen molar-refractivity contribution < 1.29 is 5.11 Å². The number of aliphatic hydroxyl groups excluding tert-OH is 1. The minimum absolute atomic E-state index is 0.297. The number of hydrogen-bond acceptors (Lipinski definition) is 2. The molecule has 1 rings (SSSR count). The lowest BCUT2D eigenvalue weighted by Crippen LogP contribution is -2.42. The molecule has 1 aliphatic rings. The molecule has 0 aliphatic heterocycles. The van der Waals surface area contributed by atoms with E-state index in [1.807, 2.05) is 25.2 Å². The molecule has 3 atom stereocenters. The molecule has 62 valence electrons. The molecular formula is C9H15NO. The first-order valence-corrected chi connectivity index (χ1v) is 3.87. The van der Waals surface area contributed by atoms with Crippen LogP contribution < -0.4 is 5.73 Å². The minimum atomic E-state index is -0.779. The number of nitrogens with two attached hydrogens (primary N) is 1. The van der Waals surface area contributed by atoms with Crippen LogP contribution in [0.1, 0.15) is 13.8 Å². The van der Waals surface area contributed by atoms with Crippen LogP contribution in [0.4, 0.5) is 0 Å². The molecule has 0 amide bonds. The van der Waals surface area contributed by atoms with Crippen LogP contribution in [0.5, 0.6) is 0 Å². The molecule has 2 nitrogen and oxygen atoms in total. The molecule has 0 saturated carbocycles. The highest BCUT2D eigenvalue weighted by Crippen LogP contribution is 2.34. The summed E-state index contributed by atoms with van der Waals surface area (Å²) in [6.07, 6.45) is 7.14. The van der Waals surface area contributed by atoms with E-state index in [0.29, 0.717) is 5.92 Å². The first-order valence-electron chi connectivity index (χ1n) is 3.87. The zero-order chi connectivity index (χ0) is 8.48. The molecule has 3 unspecified atom stereocenters. The van der Waals surface area contributed by atoms with Gasteiger partial charge in [0.15, 0.2) is 0 Å². The van der Waals surface area contributed by atoms with E-state index in [0.717, 1.165) is 0 Å². The van der Waals surface area contributed by atoms with Gasteiger partial charge >= 0.3 is 0 Å². The monoisotopic (exact) mass is 153 g/mol. The number of hydrogen-bond donors (Lipinski definition) is 2. The van der Waals surface area contributed by atoms with Gasteiger partial charge in [-0.1, -0.05) is 38.2 Å². The summed E-state index contributed by atoms with van der Waals surface area (Å²) in [6.45, 7) is 4.01. The maximum atomic E-state index is 9.30. The van der Waals surface area contributed by atoms with E-state index in [2.05, 4.69) is 13.0 Å². The second-order valence-electron chi connectivity index (χ2n) is 3.34. The molecule has 3 N–H and O–H groups in total. The van der Waals surface area contributed by atoms with Crippen LogP contribution in [0.25, 0.3) is 0 Å². The van der Waals surface area contributed by atoms with Crippen molar-refractivity contribution >= 4 is 0 Å². The summed E-state index contributed by atoms with van der Waals surface area (Å²) in [4.78, 5) is 0. The zero-order valence-corrected chi connectivity index (χ0v) is 6.99. The molecule has 1 aliphatic carbocycles. The summed E-state index contributed by atoms with van der Waals surface area (Å²) in [5.41, 5.74) is 5.17. The van der Waals surface area contributed by atoms with Gasteiger partial charge in [0, 0.05) is 5.41 Å². The van der Waals surface area contributed by atoms with E-state index in [1.54, 1.807) is 0 Å². The molecule has 11 heavy (non-hydrogen) atoms. The Hall–Kier alpha value is -0.600. The smallest absolute Gasteiger partial charge is 0.111 e. The zero-order valence-electron chi connectivity index (χ0n) is 6.99. The van der Waals surface area contributed by atoms with Gasteiger partial charge in [-0.15, -0.1) is 0 Å². The Labute approximate surface area is 67.4 Å². The fraction of sp³-hybridized carbons (Fsp3) is 0.556. The van der Waals surface area contributed by atoms with Gasteiger partial charge in [0.2, 0.25) is 0 Å². The summed E-state index contributed by atoms with van der Waals surface area (Å²) in [7, 11) is 0. The Morgan fingerprint density at radius 1 is 1.55 bits per heavy atom. The molecule has 0 bridgehead atoms. The van der Waals surface area contributed by atoms with E-state index in [1.165, 1.54) is 0 Å². The van der Waals surface area contributed by atoms with Gasteiger partial charge in [0.1, 0.15) is 6.23 Å². The third-order valence-electron chi connectivity index (χ3n) is 2.58. The van der Waals surface area contributed by atoms with Gasteiger partial charge < -0.3 is 10.8 Å². The lowest BCUT2D eigenvalue weighted by Gasteiger charge is -2.35. The number of allylic oxidation sites excluding steroid dienone is 3. The molecular weight excluding hydrogens is 138 g/mol. The van der Waals surface area contributed by atoms with E-state index in [4.69, 9.17) is 5.73 Å². The van der Waals surface area contributed by atoms with Crippen LogP contribution in [0.15, 0.2) is 24.3 Å². The largest absolute Gasteiger partial charge is 0.378 e. The number of rotatable bonds is 1. The standard InChI is InChI=1S/C9H15NO/c1-7-5-3-4-6-9(7,2)8(10)11/h3-8,11H,10H2,1-2H3.